The molecule has 1 aromatic rings. The number of rotatable bonds is 5. The normalized spacial score (nSPS) is 10.3. The summed E-state index contributed by atoms with van der Waals surface area (Å²) < 4.78 is 5.01. The molecule has 0 bridgehead atoms. The minimum absolute atomic E-state index is 0.0632. The molecule has 0 amide bonds. The average molecular weight is 226 g/mol. The molecule has 1 rings (SSSR count). The number of hydrogen-bond acceptors (Lipinski definition) is 3. The van der Waals surface area contributed by atoms with Crippen LogP contribution in [0.2, 0.25) is 0 Å². The molecule has 0 spiro atoms. The summed E-state index contributed by atoms with van der Waals surface area (Å²) in [5, 5.41) is 8.77. The van der Waals surface area contributed by atoms with Crippen LogP contribution in [0.25, 0.3) is 0 Å². The van der Waals surface area contributed by atoms with Crippen molar-refractivity contribution >= 4 is 17.7 Å². The Kier molecular flexibility index (Phi) is 4.65. The van der Waals surface area contributed by atoms with Crippen LogP contribution in [0.3, 0.4) is 0 Å². The monoisotopic (exact) mass is 226 g/mol. The highest BCUT2D eigenvalue weighted by Crippen LogP contribution is 2.22. The van der Waals surface area contributed by atoms with Gasteiger partial charge in [0, 0.05) is 12.0 Å². The van der Waals surface area contributed by atoms with E-state index in [-0.39, 0.29) is 6.42 Å². The highest BCUT2D eigenvalue weighted by molar-refractivity contribution is 7.98. The maximum Gasteiger partial charge on any atom is 0.307 e. The number of aliphatic carboxylic acids is 1. The standard InChI is InChI=1S/C11H14O3S/c1-14-7-8-3-4-10(15-2)9(5-8)6-11(12)13/h3-5H,6-7H2,1-2H3,(H,12,13). The van der Waals surface area contributed by atoms with Crippen molar-refractivity contribution in [3.63, 3.8) is 0 Å². The third kappa shape index (κ3) is 3.57. The van der Waals surface area contributed by atoms with Crippen LogP contribution in [0, 0.1) is 0 Å². The largest absolute Gasteiger partial charge is 0.481 e. The Morgan fingerprint density at radius 1 is 1.53 bits per heavy atom. The lowest BCUT2D eigenvalue weighted by atomic mass is 10.1. The molecule has 4 heteroatoms. The second-order valence-corrected chi connectivity index (χ2v) is 4.00. The molecule has 0 unspecified atom stereocenters. The minimum Gasteiger partial charge on any atom is -0.481 e. The Morgan fingerprint density at radius 3 is 2.80 bits per heavy atom. The molecule has 0 fully saturated rings. The predicted octanol–water partition coefficient (Wildman–Crippen LogP) is 2.18. The van der Waals surface area contributed by atoms with E-state index in [1.54, 1.807) is 18.9 Å². The average Bonchev–Trinajstić information content (AvgIpc) is 2.18. The zero-order valence-electron chi connectivity index (χ0n) is 8.82. The fraction of sp³-hybridized carbons (Fsp3) is 0.364. The molecule has 0 radical (unpaired) electrons. The molecule has 0 aliphatic carbocycles. The zero-order chi connectivity index (χ0) is 11.3. The van der Waals surface area contributed by atoms with E-state index >= 15 is 0 Å². The van der Waals surface area contributed by atoms with Gasteiger partial charge < -0.3 is 9.84 Å². The summed E-state index contributed by atoms with van der Waals surface area (Å²) in [6.07, 6.45) is 2.00. The molecule has 0 saturated carbocycles. The highest BCUT2D eigenvalue weighted by Gasteiger charge is 2.07. The molecule has 0 saturated heterocycles. The molecule has 3 nitrogen and oxygen atoms in total. The van der Waals surface area contributed by atoms with Gasteiger partial charge >= 0.3 is 5.97 Å². The van der Waals surface area contributed by atoms with Gasteiger partial charge in [0.05, 0.1) is 13.0 Å². The Balaban J connectivity index is 2.96. The van der Waals surface area contributed by atoms with E-state index < -0.39 is 5.97 Å². The third-order valence-corrected chi connectivity index (χ3v) is 2.84. The third-order valence-electron chi connectivity index (χ3n) is 2.00. The summed E-state index contributed by atoms with van der Waals surface area (Å²) in [6.45, 7) is 0.515. The maximum atomic E-state index is 10.7. The number of carboxylic acids is 1. The number of methoxy groups -OCH3 is 1. The SMILES string of the molecule is COCc1ccc(SC)c(CC(=O)O)c1. The molecule has 1 aromatic carbocycles. The first kappa shape index (κ1) is 12.1. The van der Waals surface area contributed by atoms with Crippen molar-refractivity contribution in [3.05, 3.63) is 29.3 Å². The van der Waals surface area contributed by atoms with Crippen LogP contribution in [0.4, 0.5) is 0 Å². The first-order valence-electron chi connectivity index (χ1n) is 4.54. The topological polar surface area (TPSA) is 46.5 Å². The van der Waals surface area contributed by atoms with Crippen LogP contribution < -0.4 is 0 Å². The Labute approximate surface area is 93.4 Å². The second kappa shape index (κ2) is 5.78. The first-order valence-corrected chi connectivity index (χ1v) is 5.76. The molecule has 0 aliphatic rings. The van der Waals surface area contributed by atoms with E-state index in [1.807, 2.05) is 24.5 Å². The number of ether oxygens (including phenoxy) is 1. The van der Waals surface area contributed by atoms with Crippen molar-refractivity contribution < 1.29 is 14.6 Å². The van der Waals surface area contributed by atoms with Crippen LogP contribution in [-0.4, -0.2) is 24.4 Å². The van der Waals surface area contributed by atoms with Crippen molar-refractivity contribution in [1.82, 2.24) is 0 Å². The lowest BCUT2D eigenvalue weighted by Gasteiger charge is -2.07. The molecular weight excluding hydrogens is 212 g/mol. The summed E-state index contributed by atoms with van der Waals surface area (Å²) >= 11 is 1.56. The van der Waals surface area contributed by atoms with Gasteiger partial charge in [-0.3, -0.25) is 4.79 Å². The van der Waals surface area contributed by atoms with Crippen molar-refractivity contribution in [2.45, 2.75) is 17.9 Å². The van der Waals surface area contributed by atoms with Gasteiger partial charge in [0.15, 0.2) is 0 Å². The number of thioether (sulfide) groups is 1. The number of benzene rings is 1. The summed E-state index contributed by atoms with van der Waals surface area (Å²) in [6, 6.07) is 5.79. The van der Waals surface area contributed by atoms with E-state index in [0.29, 0.717) is 6.61 Å². The fourth-order valence-corrected chi connectivity index (χ4v) is 1.99. The van der Waals surface area contributed by atoms with E-state index in [0.717, 1.165) is 16.0 Å². The van der Waals surface area contributed by atoms with E-state index in [4.69, 9.17) is 9.84 Å². The van der Waals surface area contributed by atoms with Gasteiger partial charge in [-0.2, -0.15) is 0 Å². The van der Waals surface area contributed by atoms with Gasteiger partial charge in [0.1, 0.15) is 0 Å². The summed E-state index contributed by atoms with van der Waals surface area (Å²) in [7, 11) is 1.62. The minimum atomic E-state index is -0.806. The van der Waals surface area contributed by atoms with Gasteiger partial charge in [-0.1, -0.05) is 12.1 Å². The van der Waals surface area contributed by atoms with E-state index in [9.17, 15) is 4.79 Å². The lowest BCUT2D eigenvalue weighted by molar-refractivity contribution is -0.136. The lowest BCUT2D eigenvalue weighted by Crippen LogP contribution is -2.02. The van der Waals surface area contributed by atoms with Crippen molar-refractivity contribution in [1.29, 1.82) is 0 Å². The quantitative estimate of drug-likeness (QED) is 0.782. The number of hydrogen-bond donors (Lipinski definition) is 1. The number of carboxylic acid groups (broad SMARTS) is 1. The van der Waals surface area contributed by atoms with Gasteiger partial charge in [0.2, 0.25) is 0 Å². The summed E-state index contributed by atoms with van der Waals surface area (Å²) in [5.74, 6) is -0.806. The maximum absolute atomic E-state index is 10.7. The Hall–Kier alpha value is -1.00. The van der Waals surface area contributed by atoms with E-state index in [1.165, 1.54) is 0 Å². The smallest absolute Gasteiger partial charge is 0.307 e. The Morgan fingerprint density at radius 2 is 2.27 bits per heavy atom. The van der Waals surface area contributed by atoms with Crippen LogP contribution >= 0.6 is 11.8 Å². The Bertz CT molecular complexity index is 350. The summed E-state index contributed by atoms with van der Waals surface area (Å²) in [5.41, 5.74) is 1.86. The molecule has 1 N–H and O–H groups in total. The van der Waals surface area contributed by atoms with Crippen molar-refractivity contribution in [2.24, 2.45) is 0 Å². The molecule has 0 aromatic heterocycles. The number of carbonyl (C=O) groups is 1. The van der Waals surface area contributed by atoms with Gasteiger partial charge in [0.25, 0.3) is 0 Å². The fourth-order valence-electron chi connectivity index (χ4n) is 1.39. The molecule has 0 atom stereocenters. The first-order chi connectivity index (χ1) is 7.17. The van der Waals surface area contributed by atoms with Gasteiger partial charge in [-0.15, -0.1) is 11.8 Å². The highest BCUT2D eigenvalue weighted by atomic mass is 32.2. The molecule has 0 heterocycles. The van der Waals surface area contributed by atoms with Crippen LogP contribution in [-0.2, 0) is 22.6 Å². The van der Waals surface area contributed by atoms with Crippen molar-refractivity contribution in [2.75, 3.05) is 13.4 Å². The van der Waals surface area contributed by atoms with Crippen molar-refractivity contribution in [3.8, 4) is 0 Å². The second-order valence-electron chi connectivity index (χ2n) is 3.15. The molecular formula is C11H14O3S. The van der Waals surface area contributed by atoms with E-state index in [2.05, 4.69) is 0 Å². The van der Waals surface area contributed by atoms with Gasteiger partial charge in [-0.25, -0.2) is 0 Å². The molecule has 15 heavy (non-hydrogen) atoms. The predicted molar refractivity (Wildman–Crippen MR) is 60.3 cm³/mol. The van der Waals surface area contributed by atoms with Gasteiger partial charge in [-0.05, 0) is 23.4 Å². The molecule has 82 valence electrons. The zero-order valence-corrected chi connectivity index (χ0v) is 9.63. The van der Waals surface area contributed by atoms with Crippen LogP contribution in [0.5, 0.6) is 0 Å². The van der Waals surface area contributed by atoms with Crippen LogP contribution in [0.15, 0.2) is 23.1 Å². The molecule has 0 aliphatic heterocycles. The summed E-state index contributed by atoms with van der Waals surface area (Å²) in [4.78, 5) is 11.7. The van der Waals surface area contributed by atoms with Crippen LogP contribution in [0.1, 0.15) is 11.1 Å².